The Balaban J connectivity index is 2.06. The van der Waals surface area contributed by atoms with Gasteiger partial charge in [-0.2, -0.15) is 0 Å². The quantitative estimate of drug-likeness (QED) is 0.880. The van der Waals surface area contributed by atoms with Gasteiger partial charge in [0.1, 0.15) is 11.5 Å². The molecule has 0 aliphatic carbocycles. The summed E-state index contributed by atoms with van der Waals surface area (Å²) in [5.74, 6) is 0.196. The second-order valence-corrected chi connectivity index (χ2v) is 5.44. The molecule has 0 fully saturated rings. The van der Waals surface area contributed by atoms with E-state index in [1.807, 2.05) is 31.3 Å². The molecule has 0 spiro atoms. The number of likely N-dealkylation sites (N-methyl/N-ethyl adjacent to an activating group) is 1. The van der Waals surface area contributed by atoms with Crippen molar-refractivity contribution >= 4 is 22.5 Å². The molecule has 0 unspecified atom stereocenters. The van der Waals surface area contributed by atoms with Crippen LogP contribution >= 0.6 is 0 Å². The summed E-state index contributed by atoms with van der Waals surface area (Å²) in [6.07, 6.45) is 0. The van der Waals surface area contributed by atoms with E-state index in [0.717, 1.165) is 17.3 Å². The minimum atomic E-state index is -0.190. The maximum atomic E-state index is 12.1. The lowest BCUT2D eigenvalue weighted by molar-refractivity contribution is 0.0943. The van der Waals surface area contributed by atoms with Crippen molar-refractivity contribution in [3.05, 3.63) is 36.0 Å². The van der Waals surface area contributed by atoms with Crippen LogP contribution in [-0.4, -0.2) is 42.0 Å². The summed E-state index contributed by atoms with van der Waals surface area (Å²) >= 11 is 0. The number of carbonyl (C=O) groups is 1. The Hall–Kier alpha value is -2.14. The Morgan fingerprint density at radius 3 is 2.81 bits per heavy atom. The molecule has 0 saturated carbocycles. The van der Waals surface area contributed by atoms with Crippen LogP contribution in [0, 0.1) is 0 Å². The third kappa shape index (κ3) is 3.70. The van der Waals surface area contributed by atoms with Crippen LogP contribution in [0.2, 0.25) is 0 Å². The van der Waals surface area contributed by atoms with Crippen molar-refractivity contribution in [2.24, 2.45) is 0 Å². The highest BCUT2D eigenvalue weighted by Crippen LogP contribution is 2.19. The summed E-state index contributed by atoms with van der Waals surface area (Å²) in [6.45, 7) is 5.62. The summed E-state index contributed by atoms with van der Waals surface area (Å²) in [5.41, 5.74) is 6.27. The Kier molecular flexibility index (Phi) is 4.75. The molecule has 0 atom stereocenters. The first-order chi connectivity index (χ1) is 9.99. The van der Waals surface area contributed by atoms with E-state index < -0.39 is 0 Å². The predicted octanol–water partition coefficient (Wildman–Crippen LogP) is 1.89. The van der Waals surface area contributed by atoms with Crippen LogP contribution in [0.15, 0.2) is 30.3 Å². The third-order valence-corrected chi connectivity index (χ3v) is 3.63. The molecule has 2 rings (SSSR count). The SMILES string of the molecule is CC(C)N(C)CCNC(=O)c1cc2ccccc2c(N)n1. The summed E-state index contributed by atoms with van der Waals surface area (Å²) in [5, 5.41) is 4.67. The van der Waals surface area contributed by atoms with Crippen molar-refractivity contribution in [2.75, 3.05) is 25.9 Å². The average molecular weight is 286 g/mol. The summed E-state index contributed by atoms with van der Waals surface area (Å²) < 4.78 is 0. The maximum Gasteiger partial charge on any atom is 0.270 e. The largest absolute Gasteiger partial charge is 0.383 e. The second-order valence-electron chi connectivity index (χ2n) is 5.44. The van der Waals surface area contributed by atoms with Gasteiger partial charge in [-0.1, -0.05) is 24.3 Å². The van der Waals surface area contributed by atoms with E-state index >= 15 is 0 Å². The number of fused-ring (bicyclic) bond motifs is 1. The Bertz CT molecular complexity index is 639. The fraction of sp³-hybridized carbons (Fsp3) is 0.375. The van der Waals surface area contributed by atoms with E-state index in [0.29, 0.717) is 24.1 Å². The molecular weight excluding hydrogens is 264 g/mol. The molecule has 1 heterocycles. The topological polar surface area (TPSA) is 71.2 Å². The zero-order valence-electron chi connectivity index (χ0n) is 12.8. The van der Waals surface area contributed by atoms with E-state index in [2.05, 4.69) is 29.0 Å². The first-order valence-electron chi connectivity index (χ1n) is 7.12. The van der Waals surface area contributed by atoms with E-state index in [1.165, 1.54) is 0 Å². The van der Waals surface area contributed by atoms with Crippen molar-refractivity contribution in [1.82, 2.24) is 15.2 Å². The van der Waals surface area contributed by atoms with Gasteiger partial charge >= 0.3 is 0 Å². The highest BCUT2D eigenvalue weighted by Gasteiger charge is 2.11. The molecule has 2 aromatic rings. The number of amides is 1. The smallest absolute Gasteiger partial charge is 0.270 e. The summed E-state index contributed by atoms with van der Waals surface area (Å²) in [7, 11) is 2.03. The van der Waals surface area contributed by atoms with Crippen LogP contribution in [0.3, 0.4) is 0 Å². The third-order valence-electron chi connectivity index (χ3n) is 3.63. The van der Waals surface area contributed by atoms with Gasteiger partial charge in [0.2, 0.25) is 0 Å². The lowest BCUT2D eigenvalue weighted by Crippen LogP contribution is -2.36. The van der Waals surface area contributed by atoms with Crippen LogP contribution in [0.25, 0.3) is 10.8 Å². The molecule has 3 N–H and O–H groups in total. The van der Waals surface area contributed by atoms with Crippen molar-refractivity contribution in [1.29, 1.82) is 0 Å². The van der Waals surface area contributed by atoms with Crippen LogP contribution in [0.1, 0.15) is 24.3 Å². The number of nitrogens with one attached hydrogen (secondary N) is 1. The van der Waals surface area contributed by atoms with Crippen LogP contribution in [-0.2, 0) is 0 Å². The van der Waals surface area contributed by atoms with Gasteiger partial charge < -0.3 is 16.0 Å². The lowest BCUT2D eigenvalue weighted by Gasteiger charge is -2.20. The maximum absolute atomic E-state index is 12.1. The number of anilines is 1. The number of rotatable bonds is 5. The molecule has 21 heavy (non-hydrogen) atoms. The monoisotopic (exact) mass is 286 g/mol. The Labute approximate surface area is 125 Å². The minimum absolute atomic E-state index is 0.190. The number of nitrogen functional groups attached to an aromatic ring is 1. The minimum Gasteiger partial charge on any atom is -0.383 e. The molecule has 1 amide bonds. The van der Waals surface area contributed by atoms with Gasteiger partial charge in [0.15, 0.2) is 0 Å². The molecule has 0 aliphatic rings. The summed E-state index contributed by atoms with van der Waals surface area (Å²) in [4.78, 5) is 18.5. The second kappa shape index (κ2) is 6.54. The van der Waals surface area contributed by atoms with Gasteiger partial charge in [0.25, 0.3) is 5.91 Å². The predicted molar refractivity (Wildman–Crippen MR) is 86.3 cm³/mol. The first-order valence-corrected chi connectivity index (χ1v) is 7.12. The van der Waals surface area contributed by atoms with E-state index in [9.17, 15) is 4.79 Å². The molecule has 5 heteroatoms. The zero-order chi connectivity index (χ0) is 15.4. The number of nitrogens with two attached hydrogens (primary N) is 1. The lowest BCUT2D eigenvalue weighted by atomic mass is 10.1. The average Bonchev–Trinajstić information content (AvgIpc) is 2.46. The van der Waals surface area contributed by atoms with Crippen molar-refractivity contribution in [2.45, 2.75) is 19.9 Å². The molecule has 0 saturated heterocycles. The van der Waals surface area contributed by atoms with E-state index in [4.69, 9.17) is 5.73 Å². The van der Waals surface area contributed by atoms with Crippen LogP contribution in [0.4, 0.5) is 5.82 Å². The number of nitrogens with zero attached hydrogens (tertiary/aromatic N) is 2. The highest BCUT2D eigenvalue weighted by atomic mass is 16.1. The number of pyridine rings is 1. The van der Waals surface area contributed by atoms with Crippen LogP contribution in [0.5, 0.6) is 0 Å². The van der Waals surface area contributed by atoms with Gasteiger partial charge in [-0.25, -0.2) is 4.98 Å². The number of hydrogen-bond donors (Lipinski definition) is 2. The van der Waals surface area contributed by atoms with Crippen molar-refractivity contribution < 1.29 is 4.79 Å². The van der Waals surface area contributed by atoms with E-state index in [1.54, 1.807) is 6.07 Å². The van der Waals surface area contributed by atoms with Gasteiger partial charge in [0, 0.05) is 24.5 Å². The van der Waals surface area contributed by atoms with Gasteiger partial charge in [-0.05, 0) is 32.3 Å². The number of carbonyl (C=O) groups excluding carboxylic acids is 1. The molecule has 0 aliphatic heterocycles. The van der Waals surface area contributed by atoms with E-state index in [-0.39, 0.29) is 5.91 Å². The fourth-order valence-corrected chi connectivity index (χ4v) is 2.04. The molecular formula is C16H22N4O. The Morgan fingerprint density at radius 1 is 1.38 bits per heavy atom. The normalized spacial score (nSPS) is 11.3. The molecule has 0 bridgehead atoms. The van der Waals surface area contributed by atoms with Crippen LogP contribution < -0.4 is 11.1 Å². The van der Waals surface area contributed by atoms with Crippen molar-refractivity contribution in [3.8, 4) is 0 Å². The van der Waals surface area contributed by atoms with Gasteiger partial charge in [-0.3, -0.25) is 4.79 Å². The van der Waals surface area contributed by atoms with Gasteiger partial charge in [0.05, 0.1) is 0 Å². The standard InChI is InChI=1S/C16H22N4O/c1-11(2)20(3)9-8-18-16(21)14-10-12-6-4-5-7-13(12)15(17)19-14/h4-7,10-11H,8-9H2,1-3H3,(H2,17,19)(H,18,21). The number of aromatic nitrogens is 1. The number of hydrogen-bond acceptors (Lipinski definition) is 4. The molecule has 112 valence electrons. The molecule has 0 radical (unpaired) electrons. The van der Waals surface area contributed by atoms with Crippen molar-refractivity contribution in [3.63, 3.8) is 0 Å². The molecule has 5 nitrogen and oxygen atoms in total. The summed E-state index contributed by atoms with van der Waals surface area (Å²) in [6, 6.07) is 9.88. The number of benzene rings is 1. The first kappa shape index (κ1) is 15.3. The Morgan fingerprint density at radius 2 is 2.10 bits per heavy atom. The fourth-order valence-electron chi connectivity index (χ4n) is 2.04. The van der Waals surface area contributed by atoms with Gasteiger partial charge in [-0.15, -0.1) is 0 Å². The molecule has 1 aromatic carbocycles. The zero-order valence-corrected chi connectivity index (χ0v) is 12.8. The highest BCUT2D eigenvalue weighted by molar-refractivity contribution is 5.99. The molecule has 1 aromatic heterocycles.